The minimum Gasteiger partial charge on any atom is -0.383 e. The minimum atomic E-state index is -1.61. The summed E-state index contributed by atoms with van der Waals surface area (Å²) in [5.41, 5.74) is -0.379. The molecule has 1 heterocycles. The summed E-state index contributed by atoms with van der Waals surface area (Å²) in [6.07, 6.45) is -1.61. The van der Waals surface area contributed by atoms with Gasteiger partial charge >= 0.3 is 0 Å². The molecule has 0 saturated carbocycles. The molecule has 7 nitrogen and oxygen atoms in total. The Hall–Kier alpha value is -3.06. The maximum absolute atomic E-state index is 12.6. The molecule has 2 unspecified atom stereocenters. The van der Waals surface area contributed by atoms with Gasteiger partial charge in [-0.2, -0.15) is 0 Å². The van der Waals surface area contributed by atoms with E-state index in [9.17, 15) is 24.8 Å². The van der Waals surface area contributed by atoms with Gasteiger partial charge in [-0.25, -0.2) is 0 Å². The average Bonchev–Trinajstić information content (AvgIpc) is 2.85. The Balaban J connectivity index is 1.96. The van der Waals surface area contributed by atoms with Crippen LogP contribution in [0.3, 0.4) is 0 Å². The maximum atomic E-state index is 12.6. The molecule has 1 amide bonds. The van der Waals surface area contributed by atoms with Crippen molar-refractivity contribution in [1.29, 1.82) is 0 Å². The lowest BCUT2D eigenvalue weighted by Gasteiger charge is -2.27. The van der Waals surface area contributed by atoms with Crippen LogP contribution < -0.4 is 5.32 Å². The van der Waals surface area contributed by atoms with Gasteiger partial charge in [0, 0.05) is 23.4 Å². The lowest BCUT2D eigenvalue weighted by Crippen LogP contribution is -2.47. The zero-order chi connectivity index (χ0) is 17.5. The normalized spacial score (nSPS) is 20.2. The molecule has 0 bridgehead atoms. The molecule has 7 heteroatoms. The smallest absolute Gasteiger partial charge is 0.269 e. The van der Waals surface area contributed by atoms with Gasteiger partial charge in [-0.15, -0.1) is 0 Å². The molecule has 0 spiro atoms. The molecule has 2 atom stereocenters. The summed E-state index contributed by atoms with van der Waals surface area (Å²) in [4.78, 5) is 35.0. The Morgan fingerprint density at radius 3 is 2.46 bits per heavy atom. The van der Waals surface area contributed by atoms with E-state index in [1.807, 2.05) is 0 Å². The first-order valence-corrected chi connectivity index (χ1v) is 7.23. The van der Waals surface area contributed by atoms with Crippen molar-refractivity contribution in [1.82, 2.24) is 0 Å². The molecule has 0 saturated heterocycles. The van der Waals surface area contributed by atoms with Gasteiger partial charge in [0.2, 0.25) is 5.91 Å². The topological polar surface area (TPSA) is 110 Å². The molecule has 0 fully saturated rings. The fraction of sp³-hybridized carbons (Fsp3) is 0.176. The number of nitrogens with one attached hydrogen (secondary N) is 1. The highest BCUT2D eigenvalue weighted by Crippen LogP contribution is 2.40. The van der Waals surface area contributed by atoms with Crippen LogP contribution in [0.4, 0.5) is 11.4 Å². The number of carbonyl (C=O) groups is 2. The quantitative estimate of drug-likeness (QED) is 0.507. The third-order valence-electron chi connectivity index (χ3n) is 4.36. The van der Waals surface area contributed by atoms with Gasteiger partial charge in [-0.1, -0.05) is 18.2 Å². The van der Waals surface area contributed by atoms with Crippen molar-refractivity contribution in [3.05, 3.63) is 69.8 Å². The number of non-ortho nitro benzene ring substituents is 1. The van der Waals surface area contributed by atoms with Crippen LogP contribution in [0.2, 0.25) is 0 Å². The van der Waals surface area contributed by atoms with Crippen molar-refractivity contribution in [2.24, 2.45) is 0 Å². The largest absolute Gasteiger partial charge is 0.383 e. The second kappa shape index (κ2) is 5.54. The van der Waals surface area contributed by atoms with E-state index in [1.165, 1.54) is 31.2 Å². The van der Waals surface area contributed by atoms with Gasteiger partial charge in [-0.3, -0.25) is 19.7 Å². The lowest BCUT2D eigenvalue weighted by molar-refractivity contribution is -0.384. The average molecular weight is 326 g/mol. The highest BCUT2D eigenvalue weighted by atomic mass is 16.6. The molecule has 3 rings (SSSR count). The van der Waals surface area contributed by atoms with Crippen LogP contribution in [0.15, 0.2) is 48.5 Å². The predicted octanol–water partition coefficient (Wildman–Crippen LogP) is 2.05. The predicted molar refractivity (Wildman–Crippen MR) is 85.9 cm³/mol. The molecule has 2 aromatic rings. The van der Waals surface area contributed by atoms with Crippen LogP contribution in [0.1, 0.15) is 22.8 Å². The first kappa shape index (κ1) is 15.8. The molecule has 122 valence electrons. The fourth-order valence-electron chi connectivity index (χ4n) is 2.86. The number of hydrogen-bond donors (Lipinski definition) is 2. The number of anilines is 1. The molecular weight excluding hydrogens is 312 g/mol. The van der Waals surface area contributed by atoms with E-state index in [2.05, 4.69) is 5.32 Å². The van der Waals surface area contributed by atoms with E-state index >= 15 is 0 Å². The van der Waals surface area contributed by atoms with Gasteiger partial charge in [-0.05, 0) is 30.7 Å². The van der Waals surface area contributed by atoms with E-state index < -0.39 is 28.1 Å². The summed E-state index contributed by atoms with van der Waals surface area (Å²) in [7, 11) is 0. The van der Waals surface area contributed by atoms with E-state index in [0.717, 1.165) is 0 Å². The number of para-hydroxylation sites is 1. The molecule has 2 N–H and O–H groups in total. The van der Waals surface area contributed by atoms with Crippen molar-refractivity contribution in [3.63, 3.8) is 0 Å². The molecule has 1 aliphatic heterocycles. The Morgan fingerprint density at radius 2 is 1.83 bits per heavy atom. The number of hydrogen-bond acceptors (Lipinski definition) is 5. The van der Waals surface area contributed by atoms with Crippen LogP contribution in [0.25, 0.3) is 0 Å². The number of ketones is 1. The molecule has 1 aliphatic rings. The SMILES string of the molecule is CC1(C(O)C(=O)c2ccc([N+](=O)[O-])cc2)C(=O)Nc2ccccc21. The summed E-state index contributed by atoms with van der Waals surface area (Å²) in [5.74, 6) is -1.13. The molecular formula is C17H14N2O5. The number of aliphatic hydroxyl groups is 1. The van der Waals surface area contributed by atoms with Gasteiger partial charge in [0.05, 0.1) is 4.92 Å². The van der Waals surface area contributed by atoms with E-state index in [1.54, 1.807) is 24.3 Å². The number of rotatable bonds is 4. The van der Waals surface area contributed by atoms with Gasteiger partial charge < -0.3 is 10.4 Å². The second-order valence-corrected chi connectivity index (χ2v) is 5.77. The summed E-state index contributed by atoms with van der Waals surface area (Å²) in [6, 6.07) is 11.8. The molecule has 0 aromatic heterocycles. The third-order valence-corrected chi connectivity index (χ3v) is 4.36. The van der Waals surface area contributed by atoms with Crippen LogP contribution in [0.5, 0.6) is 0 Å². The van der Waals surface area contributed by atoms with Crippen molar-refractivity contribution in [2.75, 3.05) is 5.32 Å². The Bertz CT molecular complexity index is 846. The molecule has 2 aromatic carbocycles. The number of aliphatic hydroxyl groups excluding tert-OH is 1. The summed E-state index contributed by atoms with van der Waals surface area (Å²) in [5, 5.41) is 23.9. The van der Waals surface area contributed by atoms with E-state index in [4.69, 9.17) is 0 Å². The Kier molecular flexibility index (Phi) is 3.65. The first-order chi connectivity index (χ1) is 11.4. The van der Waals surface area contributed by atoms with Crippen LogP contribution >= 0.6 is 0 Å². The number of nitrogens with zero attached hydrogens (tertiary/aromatic N) is 1. The number of fused-ring (bicyclic) bond motifs is 1. The minimum absolute atomic E-state index is 0.103. The lowest BCUT2D eigenvalue weighted by atomic mass is 9.76. The van der Waals surface area contributed by atoms with Crippen molar-refractivity contribution in [3.8, 4) is 0 Å². The number of Topliss-reactive ketones (excluding diaryl/α,β-unsaturated/α-hetero) is 1. The van der Waals surface area contributed by atoms with Gasteiger partial charge in [0.25, 0.3) is 5.69 Å². The van der Waals surface area contributed by atoms with Gasteiger partial charge in [0.15, 0.2) is 5.78 Å². The number of nitro groups is 1. The molecule has 0 aliphatic carbocycles. The highest BCUT2D eigenvalue weighted by molar-refractivity contribution is 6.12. The second-order valence-electron chi connectivity index (χ2n) is 5.77. The first-order valence-electron chi connectivity index (χ1n) is 7.23. The van der Waals surface area contributed by atoms with Crippen molar-refractivity contribution in [2.45, 2.75) is 18.4 Å². The van der Waals surface area contributed by atoms with E-state index in [0.29, 0.717) is 11.3 Å². The monoisotopic (exact) mass is 326 g/mol. The van der Waals surface area contributed by atoms with Crippen molar-refractivity contribution < 1.29 is 19.6 Å². The zero-order valence-electron chi connectivity index (χ0n) is 12.7. The van der Waals surface area contributed by atoms with Crippen LogP contribution in [-0.4, -0.2) is 27.8 Å². The number of amides is 1. The van der Waals surface area contributed by atoms with Crippen molar-refractivity contribution >= 4 is 23.1 Å². The fourth-order valence-corrected chi connectivity index (χ4v) is 2.86. The zero-order valence-corrected chi connectivity index (χ0v) is 12.7. The van der Waals surface area contributed by atoms with E-state index in [-0.39, 0.29) is 11.3 Å². The Morgan fingerprint density at radius 1 is 1.21 bits per heavy atom. The molecule has 0 radical (unpaired) electrons. The van der Waals surface area contributed by atoms with Crippen LogP contribution in [0, 0.1) is 10.1 Å². The standard InChI is InChI=1S/C17H14N2O5/c1-17(12-4-2-3-5-13(12)18-16(17)22)15(21)14(20)10-6-8-11(9-7-10)19(23)24/h2-9,15,21H,1H3,(H,18,22). The third kappa shape index (κ3) is 2.26. The Labute approximate surface area is 137 Å². The summed E-state index contributed by atoms with van der Waals surface area (Å²) < 4.78 is 0. The van der Waals surface area contributed by atoms with Crippen LogP contribution in [-0.2, 0) is 10.2 Å². The summed E-state index contributed by atoms with van der Waals surface area (Å²) in [6.45, 7) is 1.50. The number of benzene rings is 2. The molecule has 24 heavy (non-hydrogen) atoms. The number of carbonyl (C=O) groups excluding carboxylic acids is 2. The number of nitro benzene ring substituents is 1. The van der Waals surface area contributed by atoms with Gasteiger partial charge in [0.1, 0.15) is 11.5 Å². The maximum Gasteiger partial charge on any atom is 0.269 e. The highest BCUT2D eigenvalue weighted by Gasteiger charge is 2.50. The summed E-state index contributed by atoms with van der Waals surface area (Å²) >= 11 is 0.